The van der Waals surface area contributed by atoms with Gasteiger partial charge in [-0.2, -0.15) is 0 Å². The van der Waals surface area contributed by atoms with E-state index in [1.807, 2.05) is 6.08 Å². The third-order valence-electron chi connectivity index (χ3n) is 7.91. The number of amides is 1. The van der Waals surface area contributed by atoms with Gasteiger partial charge in [0.15, 0.2) is 0 Å². The van der Waals surface area contributed by atoms with Crippen molar-refractivity contribution in [1.29, 1.82) is 0 Å². The first-order valence-electron chi connectivity index (χ1n) is 17.8. The first kappa shape index (κ1) is 40.6. The molecule has 1 amide bonds. The van der Waals surface area contributed by atoms with Crippen molar-refractivity contribution in [3.8, 4) is 0 Å². The van der Waals surface area contributed by atoms with E-state index >= 15 is 0 Å². The molecule has 3 atom stereocenters. The monoisotopic (exact) mass is 592 g/mol. The zero-order valence-corrected chi connectivity index (χ0v) is 27.6. The molecule has 5 nitrogen and oxygen atoms in total. The van der Waals surface area contributed by atoms with Gasteiger partial charge in [-0.1, -0.05) is 153 Å². The molecule has 0 bridgehead atoms. The van der Waals surface area contributed by atoms with Gasteiger partial charge in [0.05, 0.1) is 31.3 Å². The molecular weight excluding hydrogens is 522 g/mol. The van der Waals surface area contributed by atoms with Crippen LogP contribution in [0.15, 0.2) is 36.5 Å². The van der Waals surface area contributed by atoms with Gasteiger partial charge in [-0.25, -0.2) is 0 Å². The van der Waals surface area contributed by atoms with E-state index in [1.165, 1.54) is 103 Å². The molecule has 0 saturated heterocycles. The maximum absolute atomic E-state index is 12.3. The number of carbonyl (C=O) groups is 1. The van der Waals surface area contributed by atoms with Crippen LogP contribution in [-0.2, 0) is 4.79 Å². The van der Waals surface area contributed by atoms with Gasteiger partial charge in [-0.15, -0.1) is 0 Å². The summed E-state index contributed by atoms with van der Waals surface area (Å²) in [6.45, 7) is 4.14. The molecule has 0 aliphatic carbocycles. The quantitative estimate of drug-likeness (QED) is 0.0478. The minimum Gasteiger partial charge on any atom is -0.394 e. The Morgan fingerprint density at radius 2 is 1.02 bits per heavy atom. The molecule has 0 aliphatic rings. The summed E-state index contributed by atoms with van der Waals surface area (Å²) in [7, 11) is 0. The van der Waals surface area contributed by atoms with E-state index < -0.39 is 18.2 Å². The molecule has 4 N–H and O–H groups in total. The average Bonchev–Trinajstić information content (AvgIpc) is 2.98. The van der Waals surface area contributed by atoms with Crippen LogP contribution in [-0.4, -0.2) is 46.1 Å². The Kier molecular flexibility index (Phi) is 31.4. The molecule has 0 aromatic heterocycles. The van der Waals surface area contributed by atoms with Gasteiger partial charge in [0, 0.05) is 0 Å². The zero-order chi connectivity index (χ0) is 30.9. The predicted molar refractivity (Wildman–Crippen MR) is 181 cm³/mol. The summed E-state index contributed by atoms with van der Waals surface area (Å²) in [5.74, 6) is -0.335. The van der Waals surface area contributed by atoms with Crippen LogP contribution in [0.5, 0.6) is 0 Å². The van der Waals surface area contributed by atoms with Gasteiger partial charge in [-0.05, 0) is 44.9 Å². The van der Waals surface area contributed by atoms with E-state index in [4.69, 9.17) is 0 Å². The lowest BCUT2D eigenvalue weighted by atomic mass is 10.0. The van der Waals surface area contributed by atoms with Gasteiger partial charge in [0.1, 0.15) is 0 Å². The third kappa shape index (κ3) is 28.7. The Labute approximate surface area is 260 Å². The number of carbonyl (C=O) groups excluding carboxylic acids is 1. The second-order valence-corrected chi connectivity index (χ2v) is 12.1. The first-order valence-corrected chi connectivity index (χ1v) is 17.8. The Morgan fingerprint density at radius 1 is 0.595 bits per heavy atom. The highest BCUT2D eigenvalue weighted by molar-refractivity contribution is 5.76. The summed E-state index contributed by atoms with van der Waals surface area (Å²) in [5.41, 5.74) is 0. The summed E-state index contributed by atoms with van der Waals surface area (Å²) in [6, 6.07) is -0.762. The lowest BCUT2D eigenvalue weighted by Crippen LogP contribution is -2.45. The highest BCUT2D eigenvalue weighted by atomic mass is 16.3. The highest BCUT2D eigenvalue weighted by Gasteiger charge is 2.20. The van der Waals surface area contributed by atoms with Crippen LogP contribution in [0.3, 0.4) is 0 Å². The van der Waals surface area contributed by atoms with E-state index in [1.54, 1.807) is 6.08 Å². The number of hydrogen-bond acceptors (Lipinski definition) is 4. The second kappa shape index (κ2) is 32.5. The summed E-state index contributed by atoms with van der Waals surface area (Å²) >= 11 is 0. The van der Waals surface area contributed by atoms with Crippen LogP contribution in [0.25, 0.3) is 0 Å². The van der Waals surface area contributed by atoms with Crippen LogP contribution in [0.2, 0.25) is 0 Å². The minimum atomic E-state index is -0.955. The van der Waals surface area contributed by atoms with Crippen LogP contribution in [0.4, 0.5) is 0 Å². The zero-order valence-electron chi connectivity index (χ0n) is 27.6. The topological polar surface area (TPSA) is 89.8 Å². The standard InChI is InChI=1S/C37H69NO4/c1-3-5-7-9-11-13-14-15-16-17-18-19-20-21-22-23-25-27-29-31-36(41)35(33-39)38-37(42)32-34(40)30-28-26-24-12-10-8-6-4-2/h18-19,22-23,29,31,34-36,39-41H,3-17,20-21,24-28,30,32-33H2,1-2H3,(H,38,42)/b19-18+,23-22+,31-29+. The highest BCUT2D eigenvalue weighted by Crippen LogP contribution is 2.13. The van der Waals surface area contributed by atoms with Crippen LogP contribution >= 0.6 is 0 Å². The molecule has 0 saturated carbocycles. The van der Waals surface area contributed by atoms with Crippen LogP contribution < -0.4 is 5.32 Å². The van der Waals surface area contributed by atoms with E-state index in [9.17, 15) is 20.1 Å². The minimum absolute atomic E-state index is 0.00265. The van der Waals surface area contributed by atoms with Gasteiger partial charge >= 0.3 is 0 Å². The summed E-state index contributed by atoms with van der Waals surface area (Å²) in [6.07, 6.45) is 38.5. The number of allylic oxidation sites excluding steroid dienone is 5. The molecule has 3 unspecified atom stereocenters. The van der Waals surface area contributed by atoms with E-state index in [0.717, 1.165) is 38.5 Å². The summed E-state index contributed by atoms with van der Waals surface area (Å²) in [5, 5.41) is 32.8. The van der Waals surface area contributed by atoms with Gasteiger partial charge < -0.3 is 20.6 Å². The maximum atomic E-state index is 12.3. The molecule has 0 aliphatic heterocycles. The Hall–Kier alpha value is -1.43. The van der Waals surface area contributed by atoms with Crippen molar-refractivity contribution in [3.63, 3.8) is 0 Å². The number of rotatable bonds is 31. The van der Waals surface area contributed by atoms with Crippen molar-refractivity contribution in [2.75, 3.05) is 6.61 Å². The Bertz CT molecular complexity index is 660. The third-order valence-corrected chi connectivity index (χ3v) is 7.91. The Balaban J connectivity index is 3.82. The lowest BCUT2D eigenvalue weighted by Gasteiger charge is -2.21. The van der Waals surface area contributed by atoms with Crippen LogP contribution in [0.1, 0.15) is 168 Å². The van der Waals surface area contributed by atoms with Gasteiger partial charge in [0.25, 0.3) is 0 Å². The van der Waals surface area contributed by atoms with Crippen LogP contribution in [0, 0.1) is 0 Å². The SMILES string of the molecule is CCCCCCCCCCC/C=C/CC/C=C/CC/C=C/C(O)C(CO)NC(=O)CC(O)CCCCCCCCCC. The largest absolute Gasteiger partial charge is 0.394 e. The van der Waals surface area contributed by atoms with Crippen molar-refractivity contribution in [2.45, 2.75) is 186 Å². The molecule has 0 spiro atoms. The molecule has 0 rings (SSSR count). The number of hydrogen-bond donors (Lipinski definition) is 4. The molecule has 0 aromatic rings. The number of aliphatic hydroxyl groups is 3. The fraction of sp³-hybridized carbons (Fsp3) is 0.811. The normalized spacial score (nSPS) is 14.3. The van der Waals surface area contributed by atoms with Gasteiger partial charge in [-0.3, -0.25) is 4.79 Å². The molecular formula is C37H69NO4. The number of unbranched alkanes of at least 4 members (excludes halogenated alkanes) is 18. The predicted octanol–water partition coefficient (Wildman–Crippen LogP) is 9.26. The van der Waals surface area contributed by atoms with Crippen molar-refractivity contribution in [3.05, 3.63) is 36.5 Å². The number of nitrogens with one attached hydrogen (secondary N) is 1. The smallest absolute Gasteiger partial charge is 0.222 e. The van der Waals surface area contributed by atoms with E-state index in [2.05, 4.69) is 43.5 Å². The number of aliphatic hydroxyl groups excluding tert-OH is 3. The molecule has 5 heteroatoms. The summed E-state index contributed by atoms with van der Waals surface area (Å²) in [4.78, 5) is 12.3. The molecule has 0 radical (unpaired) electrons. The van der Waals surface area contributed by atoms with E-state index in [0.29, 0.717) is 6.42 Å². The second-order valence-electron chi connectivity index (χ2n) is 12.1. The molecule has 246 valence electrons. The van der Waals surface area contributed by atoms with Gasteiger partial charge in [0.2, 0.25) is 5.91 Å². The molecule has 42 heavy (non-hydrogen) atoms. The molecule has 0 heterocycles. The van der Waals surface area contributed by atoms with Crippen molar-refractivity contribution in [2.24, 2.45) is 0 Å². The summed E-state index contributed by atoms with van der Waals surface area (Å²) < 4.78 is 0. The van der Waals surface area contributed by atoms with Crippen molar-refractivity contribution < 1.29 is 20.1 Å². The molecule has 0 aromatic carbocycles. The fourth-order valence-corrected chi connectivity index (χ4v) is 5.13. The van der Waals surface area contributed by atoms with Crippen molar-refractivity contribution in [1.82, 2.24) is 5.32 Å². The maximum Gasteiger partial charge on any atom is 0.222 e. The van der Waals surface area contributed by atoms with E-state index in [-0.39, 0.29) is 18.9 Å². The average molecular weight is 592 g/mol. The first-order chi connectivity index (χ1) is 20.5. The molecule has 0 fully saturated rings. The van der Waals surface area contributed by atoms with Crippen molar-refractivity contribution >= 4 is 5.91 Å². The Morgan fingerprint density at radius 3 is 1.52 bits per heavy atom. The fourth-order valence-electron chi connectivity index (χ4n) is 5.13. The lowest BCUT2D eigenvalue weighted by molar-refractivity contribution is -0.124.